The lowest BCUT2D eigenvalue weighted by atomic mass is 10.1. The zero-order valence-corrected chi connectivity index (χ0v) is 10.5. The van der Waals surface area contributed by atoms with E-state index >= 15 is 0 Å². The van der Waals surface area contributed by atoms with Crippen molar-refractivity contribution in [3.63, 3.8) is 0 Å². The second kappa shape index (κ2) is 5.21. The van der Waals surface area contributed by atoms with E-state index in [4.69, 9.17) is 4.74 Å². The largest absolute Gasteiger partial charge is 0.492 e. The van der Waals surface area contributed by atoms with Crippen LogP contribution in [-0.4, -0.2) is 30.5 Å². The summed E-state index contributed by atoms with van der Waals surface area (Å²) in [6.45, 7) is 6.32. The van der Waals surface area contributed by atoms with Gasteiger partial charge in [-0.1, -0.05) is 6.07 Å². The maximum atomic E-state index is 11.4. The van der Waals surface area contributed by atoms with Crippen LogP contribution in [0.5, 0.6) is 5.75 Å². The molecule has 1 aliphatic rings. The van der Waals surface area contributed by atoms with Crippen LogP contribution in [0.4, 0.5) is 0 Å². The quantitative estimate of drug-likeness (QED) is 0.798. The van der Waals surface area contributed by atoms with E-state index in [1.54, 1.807) is 0 Å². The highest BCUT2D eigenvalue weighted by Gasteiger charge is 2.19. The molecule has 0 atom stereocenters. The highest BCUT2D eigenvalue weighted by molar-refractivity contribution is 5.78. The van der Waals surface area contributed by atoms with E-state index in [9.17, 15) is 4.79 Å². The van der Waals surface area contributed by atoms with Gasteiger partial charge >= 0.3 is 0 Å². The van der Waals surface area contributed by atoms with E-state index in [0.29, 0.717) is 19.6 Å². The predicted octanol–water partition coefficient (Wildman–Crippen LogP) is 2.30. The Hall–Kier alpha value is -1.51. The summed E-state index contributed by atoms with van der Waals surface area (Å²) in [5.41, 5.74) is 2.51. The third-order valence-corrected chi connectivity index (χ3v) is 3.28. The van der Waals surface area contributed by atoms with Gasteiger partial charge in [-0.25, -0.2) is 0 Å². The molecule has 0 spiro atoms. The van der Waals surface area contributed by atoms with Crippen molar-refractivity contribution in [3.8, 4) is 5.75 Å². The first-order valence-electron chi connectivity index (χ1n) is 6.14. The number of likely N-dealkylation sites (tertiary alicyclic amines) is 1. The van der Waals surface area contributed by atoms with Gasteiger partial charge in [0.25, 0.3) is 0 Å². The first kappa shape index (κ1) is 12.0. The standard InChI is InChI=1S/C14H19NO2/c1-11-5-6-13(10-12(11)2)17-9-8-15-7-3-4-14(15)16/h5-6,10H,3-4,7-9H2,1-2H3. The molecular weight excluding hydrogens is 214 g/mol. The topological polar surface area (TPSA) is 29.5 Å². The van der Waals surface area contributed by atoms with Gasteiger partial charge in [0.1, 0.15) is 12.4 Å². The van der Waals surface area contributed by atoms with Crippen molar-refractivity contribution in [2.75, 3.05) is 19.7 Å². The van der Waals surface area contributed by atoms with Gasteiger partial charge in [0.15, 0.2) is 0 Å². The lowest BCUT2D eigenvalue weighted by Gasteiger charge is -2.16. The fourth-order valence-electron chi connectivity index (χ4n) is 2.02. The van der Waals surface area contributed by atoms with Gasteiger partial charge in [-0.15, -0.1) is 0 Å². The highest BCUT2D eigenvalue weighted by Crippen LogP contribution is 2.16. The number of benzene rings is 1. The van der Waals surface area contributed by atoms with Crippen LogP contribution in [-0.2, 0) is 4.79 Å². The minimum Gasteiger partial charge on any atom is -0.492 e. The Kier molecular flexibility index (Phi) is 3.67. The monoisotopic (exact) mass is 233 g/mol. The average molecular weight is 233 g/mol. The van der Waals surface area contributed by atoms with Crippen molar-refractivity contribution in [2.45, 2.75) is 26.7 Å². The number of hydrogen-bond acceptors (Lipinski definition) is 2. The zero-order chi connectivity index (χ0) is 12.3. The molecular formula is C14H19NO2. The van der Waals surface area contributed by atoms with Crippen LogP contribution < -0.4 is 4.74 Å². The summed E-state index contributed by atoms with van der Waals surface area (Å²) in [5.74, 6) is 1.15. The van der Waals surface area contributed by atoms with Crippen molar-refractivity contribution in [2.24, 2.45) is 0 Å². The fraction of sp³-hybridized carbons (Fsp3) is 0.500. The molecule has 3 nitrogen and oxygen atoms in total. The molecule has 1 heterocycles. The third kappa shape index (κ3) is 2.99. The Morgan fingerprint density at radius 2 is 2.12 bits per heavy atom. The van der Waals surface area contributed by atoms with Crippen molar-refractivity contribution in [1.82, 2.24) is 4.90 Å². The Balaban J connectivity index is 1.81. The lowest BCUT2D eigenvalue weighted by Crippen LogP contribution is -2.29. The van der Waals surface area contributed by atoms with Gasteiger partial charge < -0.3 is 9.64 Å². The molecule has 1 aliphatic heterocycles. The van der Waals surface area contributed by atoms with Crippen molar-refractivity contribution < 1.29 is 9.53 Å². The number of hydrogen-bond donors (Lipinski definition) is 0. The maximum absolute atomic E-state index is 11.4. The predicted molar refractivity (Wildman–Crippen MR) is 67.2 cm³/mol. The minimum absolute atomic E-state index is 0.258. The SMILES string of the molecule is Cc1ccc(OCCN2CCCC2=O)cc1C. The number of amides is 1. The smallest absolute Gasteiger partial charge is 0.222 e. The molecule has 0 aliphatic carbocycles. The molecule has 17 heavy (non-hydrogen) atoms. The summed E-state index contributed by atoms with van der Waals surface area (Å²) in [4.78, 5) is 13.3. The molecule has 92 valence electrons. The molecule has 1 aromatic carbocycles. The molecule has 0 bridgehead atoms. The summed E-state index contributed by atoms with van der Waals surface area (Å²) in [5, 5.41) is 0. The molecule has 1 fully saturated rings. The number of ether oxygens (including phenoxy) is 1. The minimum atomic E-state index is 0.258. The normalized spacial score (nSPS) is 15.4. The Morgan fingerprint density at radius 1 is 1.29 bits per heavy atom. The Labute approximate surface area is 102 Å². The number of carbonyl (C=O) groups excluding carboxylic acids is 1. The molecule has 0 unspecified atom stereocenters. The molecule has 0 N–H and O–H groups in total. The molecule has 3 heteroatoms. The highest BCUT2D eigenvalue weighted by atomic mass is 16.5. The van der Waals surface area contributed by atoms with Gasteiger partial charge in [-0.05, 0) is 43.5 Å². The van der Waals surface area contributed by atoms with Crippen LogP contribution in [0.2, 0.25) is 0 Å². The van der Waals surface area contributed by atoms with Crippen molar-refractivity contribution in [1.29, 1.82) is 0 Å². The Bertz CT molecular complexity index is 415. The molecule has 0 radical (unpaired) electrons. The fourth-order valence-corrected chi connectivity index (χ4v) is 2.02. The number of aryl methyl sites for hydroxylation is 2. The average Bonchev–Trinajstić information content (AvgIpc) is 2.70. The van der Waals surface area contributed by atoms with Gasteiger partial charge in [-0.2, -0.15) is 0 Å². The molecule has 1 saturated heterocycles. The number of nitrogens with zero attached hydrogens (tertiary/aromatic N) is 1. The second-order valence-electron chi connectivity index (χ2n) is 4.58. The molecule has 1 aromatic rings. The van der Waals surface area contributed by atoms with Crippen LogP contribution in [0, 0.1) is 13.8 Å². The van der Waals surface area contributed by atoms with Crippen LogP contribution in [0.15, 0.2) is 18.2 Å². The first-order valence-corrected chi connectivity index (χ1v) is 6.14. The summed E-state index contributed by atoms with van der Waals surface area (Å²) in [7, 11) is 0. The Morgan fingerprint density at radius 3 is 2.76 bits per heavy atom. The van der Waals surface area contributed by atoms with Crippen LogP contribution in [0.3, 0.4) is 0 Å². The van der Waals surface area contributed by atoms with E-state index < -0.39 is 0 Å². The first-order chi connectivity index (χ1) is 8.16. The molecule has 2 rings (SSSR count). The molecule has 1 amide bonds. The number of carbonyl (C=O) groups is 1. The number of rotatable bonds is 4. The van der Waals surface area contributed by atoms with E-state index in [1.807, 2.05) is 17.0 Å². The van der Waals surface area contributed by atoms with Crippen LogP contribution in [0.1, 0.15) is 24.0 Å². The summed E-state index contributed by atoms with van der Waals surface area (Å²) in [6, 6.07) is 6.08. The van der Waals surface area contributed by atoms with Crippen LogP contribution >= 0.6 is 0 Å². The molecule has 0 saturated carbocycles. The zero-order valence-electron chi connectivity index (χ0n) is 10.5. The van der Waals surface area contributed by atoms with Crippen LogP contribution in [0.25, 0.3) is 0 Å². The van der Waals surface area contributed by atoms with Gasteiger partial charge in [0, 0.05) is 13.0 Å². The van der Waals surface area contributed by atoms with E-state index in [0.717, 1.165) is 18.7 Å². The van der Waals surface area contributed by atoms with E-state index in [1.165, 1.54) is 11.1 Å². The van der Waals surface area contributed by atoms with Crippen molar-refractivity contribution in [3.05, 3.63) is 29.3 Å². The van der Waals surface area contributed by atoms with E-state index in [2.05, 4.69) is 19.9 Å². The summed E-state index contributed by atoms with van der Waals surface area (Å²) >= 11 is 0. The summed E-state index contributed by atoms with van der Waals surface area (Å²) < 4.78 is 5.66. The van der Waals surface area contributed by atoms with Gasteiger partial charge in [0.05, 0.1) is 6.54 Å². The van der Waals surface area contributed by atoms with E-state index in [-0.39, 0.29) is 5.91 Å². The third-order valence-electron chi connectivity index (χ3n) is 3.28. The molecule has 0 aromatic heterocycles. The van der Waals surface area contributed by atoms with Gasteiger partial charge in [-0.3, -0.25) is 4.79 Å². The summed E-state index contributed by atoms with van der Waals surface area (Å²) in [6.07, 6.45) is 1.69. The maximum Gasteiger partial charge on any atom is 0.222 e. The van der Waals surface area contributed by atoms with Gasteiger partial charge in [0.2, 0.25) is 5.91 Å². The lowest BCUT2D eigenvalue weighted by molar-refractivity contribution is -0.128. The van der Waals surface area contributed by atoms with Crippen molar-refractivity contribution >= 4 is 5.91 Å². The second-order valence-corrected chi connectivity index (χ2v) is 4.58.